The van der Waals surface area contributed by atoms with Gasteiger partial charge in [0.05, 0.1) is 11.7 Å². The predicted octanol–water partition coefficient (Wildman–Crippen LogP) is 4.01. The summed E-state index contributed by atoms with van der Waals surface area (Å²) in [6, 6.07) is 11.5. The number of nitrogens with zero attached hydrogens (tertiary/aromatic N) is 2. The van der Waals surface area contributed by atoms with Crippen molar-refractivity contribution < 1.29 is 0 Å². The molecule has 0 saturated heterocycles. The monoisotopic (exact) mass is 301 g/mol. The highest BCUT2D eigenvalue weighted by Crippen LogP contribution is 2.29. The van der Waals surface area contributed by atoms with Crippen molar-refractivity contribution in [1.29, 1.82) is 0 Å². The van der Waals surface area contributed by atoms with Gasteiger partial charge in [0.25, 0.3) is 0 Å². The van der Waals surface area contributed by atoms with Crippen LogP contribution in [0.1, 0.15) is 43.0 Å². The van der Waals surface area contributed by atoms with E-state index < -0.39 is 0 Å². The second-order valence-electron chi connectivity index (χ2n) is 5.69. The first-order valence-corrected chi connectivity index (χ1v) is 8.74. The SMILES string of the molecule is CNCc1cccc(SCc2ccn(C3CCCC3)n2)c1. The number of aromatic nitrogens is 2. The highest BCUT2D eigenvalue weighted by molar-refractivity contribution is 7.98. The highest BCUT2D eigenvalue weighted by Gasteiger charge is 2.17. The minimum absolute atomic E-state index is 0.641. The lowest BCUT2D eigenvalue weighted by Gasteiger charge is -2.08. The molecule has 2 aromatic rings. The van der Waals surface area contributed by atoms with Gasteiger partial charge in [-0.25, -0.2) is 0 Å². The maximum atomic E-state index is 4.75. The Morgan fingerprint density at radius 1 is 1.29 bits per heavy atom. The van der Waals surface area contributed by atoms with E-state index in [1.54, 1.807) is 0 Å². The van der Waals surface area contributed by atoms with Gasteiger partial charge in [-0.1, -0.05) is 25.0 Å². The van der Waals surface area contributed by atoms with Gasteiger partial charge in [0.15, 0.2) is 0 Å². The van der Waals surface area contributed by atoms with Gasteiger partial charge in [-0.2, -0.15) is 5.10 Å². The van der Waals surface area contributed by atoms with E-state index in [0.29, 0.717) is 6.04 Å². The molecular formula is C17H23N3S. The predicted molar refractivity (Wildman–Crippen MR) is 88.5 cm³/mol. The molecule has 1 saturated carbocycles. The van der Waals surface area contributed by atoms with Crippen LogP contribution in [0.15, 0.2) is 41.4 Å². The fourth-order valence-corrected chi connectivity index (χ4v) is 3.81. The topological polar surface area (TPSA) is 29.9 Å². The fourth-order valence-electron chi connectivity index (χ4n) is 2.93. The summed E-state index contributed by atoms with van der Waals surface area (Å²) < 4.78 is 2.18. The summed E-state index contributed by atoms with van der Waals surface area (Å²) >= 11 is 1.87. The first-order chi connectivity index (χ1) is 10.3. The Labute approximate surface area is 131 Å². The molecule has 0 bridgehead atoms. The Kier molecular flexibility index (Phi) is 4.99. The molecule has 4 heteroatoms. The first kappa shape index (κ1) is 14.7. The molecule has 1 aliphatic rings. The molecule has 1 heterocycles. The van der Waals surface area contributed by atoms with Gasteiger partial charge in [0.1, 0.15) is 0 Å². The number of benzene rings is 1. The smallest absolute Gasteiger partial charge is 0.0727 e. The van der Waals surface area contributed by atoms with Crippen LogP contribution in [-0.2, 0) is 12.3 Å². The van der Waals surface area contributed by atoms with E-state index in [4.69, 9.17) is 5.10 Å². The molecule has 0 spiro atoms. The summed E-state index contributed by atoms with van der Waals surface area (Å²) in [5.41, 5.74) is 2.52. The van der Waals surface area contributed by atoms with Gasteiger partial charge < -0.3 is 5.32 Å². The molecule has 1 aliphatic carbocycles. The molecule has 0 unspecified atom stereocenters. The molecule has 112 valence electrons. The average molecular weight is 301 g/mol. The van der Waals surface area contributed by atoms with Crippen molar-refractivity contribution in [3.63, 3.8) is 0 Å². The van der Waals surface area contributed by atoms with Gasteiger partial charge in [-0.15, -0.1) is 11.8 Å². The summed E-state index contributed by atoms with van der Waals surface area (Å²) in [7, 11) is 1.98. The second-order valence-corrected chi connectivity index (χ2v) is 6.74. The van der Waals surface area contributed by atoms with E-state index in [2.05, 4.69) is 46.5 Å². The molecule has 0 aliphatic heterocycles. The molecular weight excluding hydrogens is 278 g/mol. The van der Waals surface area contributed by atoms with E-state index in [0.717, 1.165) is 12.3 Å². The van der Waals surface area contributed by atoms with Gasteiger partial charge in [0, 0.05) is 23.4 Å². The lowest BCUT2D eigenvalue weighted by atomic mass is 10.2. The second kappa shape index (κ2) is 7.14. The van der Waals surface area contributed by atoms with Gasteiger partial charge in [-0.05, 0) is 43.7 Å². The molecule has 1 aromatic carbocycles. The maximum Gasteiger partial charge on any atom is 0.0727 e. The first-order valence-electron chi connectivity index (χ1n) is 7.75. The van der Waals surface area contributed by atoms with Crippen LogP contribution in [-0.4, -0.2) is 16.8 Å². The van der Waals surface area contributed by atoms with Crippen LogP contribution >= 0.6 is 11.8 Å². The number of nitrogens with one attached hydrogen (secondary N) is 1. The summed E-state index contributed by atoms with van der Waals surface area (Å²) in [5, 5.41) is 7.94. The third-order valence-corrected chi connectivity index (χ3v) is 5.06. The maximum absolute atomic E-state index is 4.75. The molecule has 3 nitrogen and oxygen atoms in total. The Morgan fingerprint density at radius 2 is 2.14 bits per heavy atom. The van der Waals surface area contributed by atoms with Crippen LogP contribution in [0.2, 0.25) is 0 Å². The standard InChI is InChI=1S/C17H23N3S/c1-18-12-14-5-4-8-17(11-14)21-13-15-9-10-20(19-15)16-6-2-3-7-16/h4-5,8-11,16,18H,2-3,6-7,12-13H2,1H3. The molecule has 0 radical (unpaired) electrons. The van der Waals surface area contributed by atoms with Crippen molar-refractivity contribution >= 4 is 11.8 Å². The molecule has 1 fully saturated rings. The number of rotatable bonds is 6. The molecule has 3 rings (SSSR count). The Balaban J connectivity index is 1.58. The molecule has 1 aromatic heterocycles. The highest BCUT2D eigenvalue weighted by atomic mass is 32.2. The van der Waals surface area contributed by atoms with Crippen molar-refractivity contribution in [3.05, 3.63) is 47.8 Å². The van der Waals surface area contributed by atoms with E-state index in [1.165, 1.54) is 41.8 Å². The van der Waals surface area contributed by atoms with Crippen LogP contribution in [0, 0.1) is 0 Å². The van der Waals surface area contributed by atoms with E-state index in [-0.39, 0.29) is 0 Å². The van der Waals surface area contributed by atoms with Crippen molar-refractivity contribution in [2.75, 3.05) is 7.05 Å². The van der Waals surface area contributed by atoms with Gasteiger partial charge >= 0.3 is 0 Å². The minimum atomic E-state index is 0.641. The summed E-state index contributed by atoms with van der Waals surface area (Å²) in [4.78, 5) is 1.32. The van der Waals surface area contributed by atoms with Crippen LogP contribution in [0.25, 0.3) is 0 Å². The molecule has 1 N–H and O–H groups in total. The average Bonchev–Trinajstić information content (AvgIpc) is 3.17. The van der Waals surface area contributed by atoms with Crippen LogP contribution in [0.4, 0.5) is 0 Å². The molecule has 0 amide bonds. The summed E-state index contributed by atoms with van der Waals surface area (Å²) in [6.07, 6.45) is 7.45. The van der Waals surface area contributed by atoms with E-state index >= 15 is 0 Å². The largest absolute Gasteiger partial charge is 0.316 e. The Hall–Kier alpha value is -1.26. The van der Waals surface area contributed by atoms with Crippen molar-refractivity contribution in [2.45, 2.75) is 48.9 Å². The van der Waals surface area contributed by atoms with Crippen molar-refractivity contribution in [1.82, 2.24) is 15.1 Å². The van der Waals surface area contributed by atoms with E-state index in [9.17, 15) is 0 Å². The van der Waals surface area contributed by atoms with Crippen molar-refractivity contribution in [2.24, 2.45) is 0 Å². The van der Waals surface area contributed by atoms with Crippen LogP contribution in [0.5, 0.6) is 0 Å². The number of thioether (sulfide) groups is 1. The lowest BCUT2D eigenvalue weighted by molar-refractivity contribution is 0.464. The Bertz CT molecular complexity index is 573. The zero-order chi connectivity index (χ0) is 14.5. The van der Waals surface area contributed by atoms with Crippen molar-refractivity contribution in [3.8, 4) is 0 Å². The van der Waals surface area contributed by atoms with E-state index in [1.807, 2.05) is 18.8 Å². The quantitative estimate of drug-likeness (QED) is 0.818. The normalized spacial score (nSPS) is 15.7. The summed E-state index contributed by atoms with van der Waals surface area (Å²) in [5.74, 6) is 0.947. The zero-order valence-electron chi connectivity index (χ0n) is 12.6. The third kappa shape index (κ3) is 3.89. The molecule has 0 atom stereocenters. The van der Waals surface area contributed by atoms with Crippen LogP contribution < -0.4 is 5.32 Å². The minimum Gasteiger partial charge on any atom is -0.316 e. The number of hydrogen-bond donors (Lipinski definition) is 1. The zero-order valence-corrected chi connectivity index (χ0v) is 13.4. The number of hydrogen-bond acceptors (Lipinski definition) is 3. The Morgan fingerprint density at radius 3 is 2.95 bits per heavy atom. The fraction of sp³-hybridized carbons (Fsp3) is 0.471. The summed E-state index contributed by atoms with van der Waals surface area (Å²) in [6.45, 7) is 0.921. The lowest BCUT2D eigenvalue weighted by Crippen LogP contribution is -2.05. The third-order valence-electron chi connectivity index (χ3n) is 4.03. The van der Waals surface area contributed by atoms with Crippen LogP contribution in [0.3, 0.4) is 0 Å². The van der Waals surface area contributed by atoms with Gasteiger partial charge in [-0.3, -0.25) is 4.68 Å². The van der Waals surface area contributed by atoms with Gasteiger partial charge in [0.2, 0.25) is 0 Å². The molecule has 21 heavy (non-hydrogen) atoms.